The van der Waals surface area contributed by atoms with Crippen LogP contribution in [0.5, 0.6) is 11.5 Å². The molecular weight excluding hydrogens is 436 g/mol. The predicted molar refractivity (Wildman–Crippen MR) is 61.7 cm³/mol. The molecule has 4 nitrogen and oxygen atoms in total. The first-order valence-corrected chi connectivity index (χ1v) is 6.42. The second kappa shape index (κ2) is 8.10. The van der Waals surface area contributed by atoms with E-state index in [2.05, 4.69) is 18.9 Å². The fourth-order valence-electron chi connectivity index (χ4n) is 1.38. The van der Waals surface area contributed by atoms with Crippen LogP contribution in [-0.2, 0) is 9.47 Å². The molecule has 1 aromatic carbocycles. The molecule has 0 spiro atoms. The molecular formula is C12H6F12O4. The number of hydrogen-bond acceptors (Lipinski definition) is 4. The molecule has 0 aliphatic heterocycles. The number of rotatable bonds is 8. The van der Waals surface area contributed by atoms with Crippen molar-refractivity contribution >= 4 is 0 Å². The molecule has 0 aliphatic carbocycles. The van der Waals surface area contributed by atoms with E-state index < -0.39 is 49.2 Å². The molecule has 28 heavy (non-hydrogen) atoms. The van der Waals surface area contributed by atoms with E-state index in [0.29, 0.717) is 18.2 Å². The van der Waals surface area contributed by atoms with Gasteiger partial charge in [0, 0.05) is 6.07 Å². The van der Waals surface area contributed by atoms with Gasteiger partial charge in [0.2, 0.25) is 0 Å². The van der Waals surface area contributed by atoms with Crippen LogP contribution in [0.1, 0.15) is 0 Å². The van der Waals surface area contributed by atoms with Gasteiger partial charge in [0.05, 0.1) is 0 Å². The van der Waals surface area contributed by atoms with Crippen molar-refractivity contribution in [3.8, 4) is 11.5 Å². The van der Waals surface area contributed by atoms with E-state index in [1.165, 1.54) is 0 Å². The minimum atomic E-state index is -5.81. The zero-order valence-corrected chi connectivity index (χ0v) is 12.6. The second-order valence-electron chi connectivity index (χ2n) is 4.56. The lowest BCUT2D eigenvalue weighted by Gasteiger charge is -2.24. The second-order valence-corrected chi connectivity index (χ2v) is 4.56. The predicted octanol–water partition coefficient (Wildman–Crippen LogP) is 5.29. The van der Waals surface area contributed by atoms with Gasteiger partial charge in [-0.1, -0.05) is 6.07 Å². The average molecular weight is 442 g/mol. The monoisotopic (exact) mass is 442 g/mol. The van der Waals surface area contributed by atoms with E-state index in [0.717, 1.165) is 0 Å². The Morgan fingerprint density at radius 3 is 1.21 bits per heavy atom. The molecule has 0 heterocycles. The molecule has 0 aliphatic rings. The third-order valence-corrected chi connectivity index (χ3v) is 2.32. The summed E-state index contributed by atoms with van der Waals surface area (Å²) >= 11 is 0. The Labute approximate surface area is 146 Å². The zero-order chi connectivity index (χ0) is 22.0. The molecule has 1 aromatic rings. The first-order valence-electron chi connectivity index (χ1n) is 6.42. The van der Waals surface area contributed by atoms with Crippen LogP contribution in [0.25, 0.3) is 0 Å². The zero-order valence-electron chi connectivity index (χ0n) is 12.6. The lowest BCUT2D eigenvalue weighted by atomic mass is 10.3. The van der Waals surface area contributed by atoms with Crippen molar-refractivity contribution in [1.29, 1.82) is 0 Å². The van der Waals surface area contributed by atoms with Crippen LogP contribution >= 0.6 is 0 Å². The van der Waals surface area contributed by atoms with Gasteiger partial charge in [-0.3, -0.25) is 0 Å². The molecule has 162 valence electrons. The third-order valence-electron chi connectivity index (χ3n) is 2.32. The standard InChI is InChI=1S/C12H6F12O4/c13-7(27-11(19,20)21)9(15,16)25-5-2-1-3-6(4-5)26-10(17,18)8(14)28-12(22,23)24/h1-4,7-8H. The quantitative estimate of drug-likeness (QED) is 0.513. The van der Waals surface area contributed by atoms with Gasteiger partial charge in [-0.15, -0.1) is 26.3 Å². The summed E-state index contributed by atoms with van der Waals surface area (Å²) in [5.74, 6) is -2.56. The number of benzene rings is 1. The van der Waals surface area contributed by atoms with E-state index >= 15 is 0 Å². The molecule has 0 fully saturated rings. The molecule has 2 unspecified atom stereocenters. The SMILES string of the molecule is FC(OC(F)(F)F)C(F)(F)Oc1cccc(OC(F)(F)C(F)OC(F)(F)F)c1. The number of hydrogen-bond donors (Lipinski definition) is 0. The summed E-state index contributed by atoms with van der Waals surface area (Å²) in [7, 11) is 0. The fourth-order valence-corrected chi connectivity index (χ4v) is 1.38. The Bertz CT molecular complexity index is 593. The number of alkyl halides is 12. The first kappa shape index (κ1) is 23.9. The highest BCUT2D eigenvalue weighted by Gasteiger charge is 2.52. The minimum absolute atomic E-state index is 0.0719. The van der Waals surface area contributed by atoms with Gasteiger partial charge >= 0.3 is 37.7 Å². The Morgan fingerprint density at radius 2 is 0.929 bits per heavy atom. The molecule has 16 heteroatoms. The Hall–Kier alpha value is -2.10. The van der Waals surface area contributed by atoms with Crippen molar-refractivity contribution < 1.29 is 71.6 Å². The van der Waals surface area contributed by atoms with Crippen molar-refractivity contribution in [3.05, 3.63) is 24.3 Å². The summed E-state index contributed by atoms with van der Waals surface area (Å²) in [4.78, 5) is 0. The van der Waals surface area contributed by atoms with Crippen molar-refractivity contribution in [2.24, 2.45) is 0 Å². The number of ether oxygens (including phenoxy) is 4. The van der Waals surface area contributed by atoms with Crippen molar-refractivity contribution in [2.75, 3.05) is 0 Å². The Kier molecular flexibility index (Phi) is 6.93. The third kappa shape index (κ3) is 7.87. The lowest BCUT2D eigenvalue weighted by Crippen LogP contribution is -2.41. The van der Waals surface area contributed by atoms with Crippen molar-refractivity contribution in [2.45, 2.75) is 37.7 Å². The van der Waals surface area contributed by atoms with Crippen LogP contribution in [0.2, 0.25) is 0 Å². The summed E-state index contributed by atoms with van der Waals surface area (Å²) in [6.07, 6.45) is -30.9. The van der Waals surface area contributed by atoms with Gasteiger partial charge in [0.15, 0.2) is 0 Å². The smallest absolute Gasteiger partial charge is 0.428 e. The maximum atomic E-state index is 13.2. The highest BCUT2D eigenvalue weighted by atomic mass is 19.4. The molecule has 0 N–H and O–H groups in total. The Morgan fingerprint density at radius 1 is 0.607 bits per heavy atom. The normalized spacial score (nSPS) is 15.9. The number of halogens is 12. The Balaban J connectivity index is 2.89. The van der Waals surface area contributed by atoms with Gasteiger partial charge in [-0.2, -0.15) is 17.6 Å². The molecule has 0 radical (unpaired) electrons. The highest BCUT2D eigenvalue weighted by Crippen LogP contribution is 2.35. The van der Waals surface area contributed by atoms with E-state index in [1.807, 2.05) is 0 Å². The molecule has 2 atom stereocenters. The van der Waals surface area contributed by atoms with Crippen LogP contribution in [0.15, 0.2) is 24.3 Å². The van der Waals surface area contributed by atoms with Crippen LogP contribution in [0.3, 0.4) is 0 Å². The van der Waals surface area contributed by atoms with Crippen molar-refractivity contribution in [1.82, 2.24) is 0 Å². The molecule has 0 saturated carbocycles. The fraction of sp³-hybridized carbons (Fsp3) is 0.500. The minimum Gasteiger partial charge on any atom is -0.428 e. The van der Waals surface area contributed by atoms with Gasteiger partial charge < -0.3 is 9.47 Å². The first-order chi connectivity index (χ1) is 12.4. The summed E-state index contributed by atoms with van der Waals surface area (Å²) in [6.45, 7) is 0. The van der Waals surface area contributed by atoms with Crippen LogP contribution in [0.4, 0.5) is 52.7 Å². The maximum absolute atomic E-state index is 13.2. The van der Waals surface area contributed by atoms with Crippen LogP contribution in [0, 0.1) is 0 Å². The van der Waals surface area contributed by atoms with Gasteiger partial charge in [0.1, 0.15) is 11.5 Å². The largest absolute Gasteiger partial charge is 0.525 e. The van der Waals surface area contributed by atoms with E-state index in [1.54, 1.807) is 0 Å². The van der Waals surface area contributed by atoms with Gasteiger partial charge in [-0.25, -0.2) is 18.3 Å². The molecule has 0 saturated heterocycles. The highest BCUT2D eigenvalue weighted by molar-refractivity contribution is 5.33. The summed E-state index contributed by atoms with van der Waals surface area (Å²) < 4.78 is 161. The van der Waals surface area contributed by atoms with E-state index in [9.17, 15) is 52.7 Å². The van der Waals surface area contributed by atoms with E-state index in [4.69, 9.17) is 0 Å². The van der Waals surface area contributed by atoms with Crippen molar-refractivity contribution in [3.63, 3.8) is 0 Å². The molecule has 0 aromatic heterocycles. The van der Waals surface area contributed by atoms with Gasteiger partial charge in [0.25, 0.3) is 0 Å². The lowest BCUT2D eigenvalue weighted by molar-refractivity contribution is -0.411. The molecule has 0 amide bonds. The van der Waals surface area contributed by atoms with Gasteiger partial charge in [-0.05, 0) is 12.1 Å². The molecule has 0 bridgehead atoms. The van der Waals surface area contributed by atoms with Crippen LogP contribution in [-0.4, -0.2) is 37.7 Å². The average Bonchev–Trinajstić information content (AvgIpc) is 2.42. The molecule has 1 rings (SSSR count). The topological polar surface area (TPSA) is 36.9 Å². The van der Waals surface area contributed by atoms with Crippen LogP contribution < -0.4 is 9.47 Å². The summed E-state index contributed by atoms with van der Waals surface area (Å²) in [5, 5.41) is 0. The maximum Gasteiger partial charge on any atom is 0.525 e. The summed E-state index contributed by atoms with van der Waals surface area (Å²) in [5.41, 5.74) is 0. The van der Waals surface area contributed by atoms with E-state index in [-0.39, 0.29) is 6.07 Å². The summed E-state index contributed by atoms with van der Waals surface area (Å²) in [6, 6.07) is 1.66.